The molecule has 1 aromatic carbocycles. The van der Waals surface area contributed by atoms with Crippen LogP contribution in [0.3, 0.4) is 0 Å². The van der Waals surface area contributed by atoms with Crippen molar-refractivity contribution in [3.8, 4) is 5.75 Å². The summed E-state index contributed by atoms with van der Waals surface area (Å²) in [4.78, 5) is 18.8. The summed E-state index contributed by atoms with van der Waals surface area (Å²) in [6.07, 6.45) is 0. The normalized spacial score (nSPS) is 8.86. The van der Waals surface area contributed by atoms with Crippen LogP contribution in [0.25, 0.3) is 0 Å². The van der Waals surface area contributed by atoms with E-state index in [0.717, 1.165) is 18.2 Å². The number of hydrogen-bond donors (Lipinski definition) is 1. The van der Waals surface area contributed by atoms with Crippen molar-refractivity contribution < 1.29 is 20.4 Å². The molecule has 14 heavy (non-hydrogen) atoms. The van der Waals surface area contributed by atoms with Crippen LogP contribution in [0.5, 0.6) is 5.75 Å². The monoisotopic (exact) mass is 202 g/mol. The summed E-state index contributed by atoms with van der Waals surface area (Å²) in [5.41, 5.74) is -1.02. The average molecular weight is 202 g/mol. The number of nitrogens with zero attached hydrogens (tertiary/aromatic N) is 2. The Kier molecular flexibility index (Phi) is 3.48. The quantitative estimate of drug-likeness (QED) is 0.545. The summed E-state index contributed by atoms with van der Waals surface area (Å²) in [5, 5.41) is 29.3. The molecule has 0 radical (unpaired) electrons. The number of nitro groups is 2. The van der Waals surface area contributed by atoms with Gasteiger partial charge in [0.05, 0.1) is 28.0 Å². The molecular weight excluding hydrogens is 196 g/mol. The summed E-state index contributed by atoms with van der Waals surface area (Å²) in [6, 6.07) is 2.46. The summed E-state index contributed by atoms with van der Waals surface area (Å²) < 4.78 is 0. The third-order valence-corrected chi connectivity index (χ3v) is 1.31. The Morgan fingerprint density at radius 3 is 1.64 bits per heavy atom. The molecule has 0 heterocycles. The minimum atomic E-state index is -0.813. The van der Waals surface area contributed by atoms with Crippen LogP contribution in [0.15, 0.2) is 18.2 Å². The number of phenolic OH excluding ortho intramolecular Hbond substituents is 1. The number of aromatic hydroxyl groups is 1. The molecule has 0 bridgehead atoms. The molecule has 1 rings (SSSR count). The van der Waals surface area contributed by atoms with E-state index in [4.69, 9.17) is 5.11 Å². The molecule has 76 valence electrons. The molecule has 1 aromatic rings. The van der Waals surface area contributed by atoms with E-state index in [0.29, 0.717) is 0 Å². The van der Waals surface area contributed by atoms with Gasteiger partial charge in [0, 0.05) is 0 Å². The second kappa shape index (κ2) is 4.14. The number of phenols is 1. The summed E-state index contributed by atoms with van der Waals surface area (Å²) >= 11 is 0. The highest BCUT2D eigenvalue weighted by Crippen LogP contribution is 2.25. The Bertz CT molecular complexity index is 344. The Morgan fingerprint density at radius 1 is 1.00 bits per heavy atom. The lowest BCUT2D eigenvalue weighted by Crippen LogP contribution is -1.91. The molecule has 0 fully saturated rings. The predicted octanol–water partition coefficient (Wildman–Crippen LogP) is 0.384. The Balaban J connectivity index is 0.00000169. The Labute approximate surface area is 77.0 Å². The fraction of sp³-hybridized carbons (Fsp3) is 0. The first-order valence-corrected chi connectivity index (χ1v) is 3.13. The van der Waals surface area contributed by atoms with Crippen LogP contribution in [0, 0.1) is 20.2 Å². The molecule has 0 saturated carbocycles. The van der Waals surface area contributed by atoms with Crippen LogP contribution >= 0.6 is 0 Å². The van der Waals surface area contributed by atoms with Gasteiger partial charge in [-0.1, -0.05) is 0 Å². The molecule has 0 unspecified atom stereocenters. The third-order valence-electron chi connectivity index (χ3n) is 1.31. The molecule has 8 nitrogen and oxygen atoms in total. The molecule has 0 amide bonds. The zero-order chi connectivity index (χ0) is 10.0. The smallest absolute Gasteiger partial charge is 0.280 e. The number of benzene rings is 1. The number of non-ortho nitro benzene ring substituents is 2. The predicted molar refractivity (Wildman–Crippen MR) is 45.0 cm³/mol. The van der Waals surface area contributed by atoms with Crippen LogP contribution in [-0.4, -0.2) is 20.4 Å². The van der Waals surface area contributed by atoms with E-state index >= 15 is 0 Å². The minimum Gasteiger partial charge on any atom is -0.507 e. The molecule has 8 heteroatoms. The van der Waals surface area contributed by atoms with Crippen LogP contribution in [0.4, 0.5) is 11.4 Å². The van der Waals surface area contributed by atoms with Gasteiger partial charge in [0.2, 0.25) is 0 Å². The van der Waals surface area contributed by atoms with Gasteiger partial charge in [-0.15, -0.1) is 0 Å². The summed E-state index contributed by atoms with van der Waals surface area (Å²) in [7, 11) is 0. The maximum atomic E-state index is 10.2. The largest absolute Gasteiger partial charge is 0.507 e. The van der Waals surface area contributed by atoms with Crippen molar-refractivity contribution in [2.45, 2.75) is 0 Å². The average Bonchev–Trinajstić information content (AvgIpc) is 2.03. The van der Waals surface area contributed by atoms with Crippen molar-refractivity contribution in [3.63, 3.8) is 0 Å². The number of nitro benzene ring substituents is 2. The van der Waals surface area contributed by atoms with E-state index in [1.165, 1.54) is 0 Å². The van der Waals surface area contributed by atoms with Crippen molar-refractivity contribution in [3.05, 3.63) is 38.4 Å². The fourth-order valence-corrected chi connectivity index (χ4v) is 0.790. The van der Waals surface area contributed by atoms with Crippen molar-refractivity contribution in [1.29, 1.82) is 0 Å². The van der Waals surface area contributed by atoms with E-state index in [2.05, 4.69) is 0 Å². The van der Waals surface area contributed by atoms with Crippen LogP contribution in [0.1, 0.15) is 0 Å². The van der Waals surface area contributed by atoms with Gasteiger partial charge in [-0.2, -0.15) is 0 Å². The second-order valence-corrected chi connectivity index (χ2v) is 2.22. The topological polar surface area (TPSA) is 138 Å². The highest BCUT2D eigenvalue weighted by atomic mass is 16.6. The van der Waals surface area contributed by atoms with Crippen LogP contribution in [-0.2, 0) is 0 Å². The second-order valence-electron chi connectivity index (χ2n) is 2.22. The molecular formula is C6H6N2O6. The number of hydrogen-bond acceptors (Lipinski definition) is 5. The van der Waals surface area contributed by atoms with Gasteiger partial charge in [0.25, 0.3) is 11.4 Å². The van der Waals surface area contributed by atoms with E-state index in [-0.39, 0.29) is 5.48 Å². The molecule has 0 aromatic heterocycles. The standard InChI is InChI=1S/C6H4N2O5.H2O/c9-6-2-4(7(10)11)1-5(3-6)8(12)13;/h1-3,9H;1H2. The van der Waals surface area contributed by atoms with E-state index in [1.54, 1.807) is 0 Å². The zero-order valence-corrected chi connectivity index (χ0v) is 6.71. The minimum absolute atomic E-state index is 0. The third kappa shape index (κ3) is 2.38. The van der Waals surface area contributed by atoms with Crippen molar-refractivity contribution in [1.82, 2.24) is 0 Å². The van der Waals surface area contributed by atoms with E-state index in [9.17, 15) is 20.2 Å². The maximum Gasteiger partial charge on any atom is 0.280 e. The van der Waals surface area contributed by atoms with Gasteiger partial charge in [-0.05, 0) is 0 Å². The molecule has 0 saturated heterocycles. The van der Waals surface area contributed by atoms with Crippen molar-refractivity contribution >= 4 is 11.4 Å². The lowest BCUT2D eigenvalue weighted by molar-refractivity contribution is -0.394. The molecule has 0 aliphatic heterocycles. The van der Waals surface area contributed by atoms with E-state index in [1.807, 2.05) is 0 Å². The SMILES string of the molecule is O.O=[N+]([O-])c1cc(O)cc([N+](=O)[O-])c1. The van der Waals surface area contributed by atoms with Crippen molar-refractivity contribution in [2.75, 3.05) is 0 Å². The Morgan fingerprint density at radius 2 is 1.36 bits per heavy atom. The lowest BCUT2D eigenvalue weighted by atomic mass is 10.2. The summed E-state index contributed by atoms with van der Waals surface area (Å²) in [5.74, 6) is -0.499. The van der Waals surface area contributed by atoms with Gasteiger partial charge in [0.15, 0.2) is 0 Å². The molecule has 0 spiro atoms. The van der Waals surface area contributed by atoms with Crippen LogP contribution < -0.4 is 0 Å². The highest BCUT2D eigenvalue weighted by Gasteiger charge is 2.15. The lowest BCUT2D eigenvalue weighted by Gasteiger charge is -1.94. The highest BCUT2D eigenvalue weighted by molar-refractivity contribution is 5.48. The molecule has 0 aliphatic carbocycles. The first kappa shape index (κ1) is 11.8. The first-order chi connectivity index (χ1) is 6.00. The Hall–Kier alpha value is -2.22. The van der Waals surface area contributed by atoms with Crippen molar-refractivity contribution in [2.24, 2.45) is 0 Å². The van der Waals surface area contributed by atoms with Gasteiger partial charge in [-0.25, -0.2) is 0 Å². The zero-order valence-electron chi connectivity index (χ0n) is 6.71. The first-order valence-electron chi connectivity index (χ1n) is 3.13. The van der Waals surface area contributed by atoms with E-state index < -0.39 is 27.0 Å². The van der Waals surface area contributed by atoms with Gasteiger partial charge >= 0.3 is 0 Å². The number of rotatable bonds is 2. The van der Waals surface area contributed by atoms with Crippen LogP contribution in [0.2, 0.25) is 0 Å². The molecule has 3 N–H and O–H groups in total. The maximum absolute atomic E-state index is 10.2. The summed E-state index contributed by atoms with van der Waals surface area (Å²) in [6.45, 7) is 0. The fourth-order valence-electron chi connectivity index (χ4n) is 0.790. The van der Waals surface area contributed by atoms with Gasteiger partial charge in [-0.3, -0.25) is 20.2 Å². The molecule has 0 atom stereocenters. The van der Waals surface area contributed by atoms with Gasteiger partial charge in [0.1, 0.15) is 5.75 Å². The van der Waals surface area contributed by atoms with Gasteiger partial charge < -0.3 is 10.6 Å². The molecule has 0 aliphatic rings.